The van der Waals surface area contributed by atoms with Crippen molar-refractivity contribution in [3.8, 4) is 5.69 Å². The molecular weight excluding hydrogens is 322 g/mol. The number of aromatic nitrogens is 4. The molecule has 0 radical (unpaired) electrons. The second kappa shape index (κ2) is 7.98. The highest BCUT2D eigenvalue weighted by Gasteiger charge is 2.30. The van der Waals surface area contributed by atoms with Crippen molar-refractivity contribution < 1.29 is 4.21 Å². The van der Waals surface area contributed by atoms with Crippen LogP contribution in [0.2, 0.25) is 0 Å². The van der Waals surface area contributed by atoms with Crippen molar-refractivity contribution in [2.24, 2.45) is 0 Å². The van der Waals surface area contributed by atoms with E-state index in [-0.39, 0.29) is 11.3 Å². The van der Waals surface area contributed by atoms with E-state index < -0.39 is 10.8 Å². The number of tetrazole rings is 1. The third-order valence-electron chi connectivity index (χ3n) is 4.80. The quantitative estimate of drug-likeness (QED) is 0.869. The molecule has 3 rings (SSSR count). The van der Waals surface area contributed by atoms with Crippen LogP contribution in [0.3, 0.4) is 0 Å². The second-order valence-corrected chi connectivity index (χ2v) is 8.28. The maximum absolute atomic E-state index is 12.3. The van der Waals surface area contributed by atoms with E-state index in [1.807, 2.05) is 19.1 Å². The van der Waals surface area contributed by atoms with Gasteiger partial charge in [0.15, 0.2) is 0 Å². The number of hydrogen-bond acceptors (Lipinski definition) is 5. The molecule has 1 heterocycles. The molecule has 0 bridgehead atoms. The van der Waals surface area contributed by atoms with Crippen LogP contribution in [0.4, 0.5) is 0 Å². The minimum Gasteiger partial charge on any atom is -0.306 e. The summed E-state index contributed by atoms with van der Waals surface area (Å²) in [5.41, 5.74) is 2.16. The number of hydrogen-bond donors (Lipinski definition) is 1. The summed E-state index contributed by atoms with van der Waals surface area (Å²) >= 11 is 0. The fourth-order valence-corrected chi connectivity index (χ4v) is 4.87. The first-order chi connectivity index (χ1) is 11.7. The second-order valence-electron chi connectivity index (χ2n) is 6.33. The van der Waals surface area contributed by atoms with Gasteiger partial charge >= 0.3 is 0 Å². The Morgan fingerprint density at radius 1 is 1.29 bits per heavy atom. The molecule has 7 heteroatoms. The minimum absolute atomic E-state index is 0.229. The number of rotatable bonds is 6. The highest BCUT2D eigenvalue weighted by molar-refractivity contribution is 7.85. The van der Waals surface area contributed by atoms with Crippen LogP contribution >= 0.6 is 0 Å². The topological polar surface area (TPSA) is 72.7 Å². The smallest absolute Gasteiger partial charge is 0.143 e. The zero-order valence-corrected chi connectivity index (χ0v) is 15.1. The molecule has 0 spiro atoms. The van der Waals surface area contributed by atoms with Gasteiger partial charge in [0.1, 0.15) is 6.33 Å². The highest BCUT2D eigenvalue weighted by Crippen LogP contribution is 2.26. The highest BCUT2D eigenvalue weighted by atomic mass is 32.2. The lowest BCUT2D eigenvalue weighted by Gasteiger charge is -2.33. The number of nitrogens with zero attached hydrogens (tertiary/aromatic N) is 4. The summed E-state index contributed by atoms with van der Waals surface area (Å²) in [5, 5.41) is 15.2. The third-order valence-corrected chi connectivity index (χ3v) is 6.60. The lowest BCUT2D eigenvalue weighted by Crippen LogP contribution is -2.45. The van der Waals surface area contributed by atoms with Crippen LogP contribution in [0.25, 0.3) is 5.69 Å². The van der Waals surface area contributed by atoms with E-state index in [2.05, 4.69) is 39.9 Å². The molecule has 24 heavy (non-hydrogen) atoms. The maximum atomic E-state index is 12.3. The van der Waals surface area contributed by atoms with Gasteiger partial charge in [-0.3, -0.25) is 4.21 Å². The van der Waals surface area contributed by atoms with Crippen LogP contribution in [0, 0.1) is 0 Å². The molecule has 1 fully saturated rings. The average molecular weight is 347 g/mol. The number of benzene rings is 1. The van der Waals surface area contributed by atoms with Crippen molar-refractivity contribution in [1.29, 1.82) is 0 Å². The average Bonchev–Trinajstić information content (AvgIpc) is 3.16. The fraction of sp³-hybridized carbons (Fsp3) is 0.588. The Balaban J connectivity index is 1.67. The molecule has 4 atom stereocenters. The Hall–Kier alpha value is -1.60. The van der Waals surface area contributed by atoms with Gasteiger partial charge in [0.25, 0.3) is 0 Å². The molecular formula is C17H25N5OS. The molecule has 0 saturated heterocycles. The molecule has 2 aromatic rings. The molecule has 0 aliphatic heterocycles. The summed E-state index contributed by atoms with van der Waals surface area (Å²) in [4.78, 5) is 0. The molecule has 0 amide bonds. The minimum atomic E-state index is -0.728. The Morgan fingerprint density at radius 2 is 2.04 bits per heavy atom. The van der Waals surface area contributed by atoms with Crippen molar-refractivity contribution in [3.05, 3.63) is 36.2 Å². The van der Waals surface area contributed by atoms with Gasteiger partial charge in [-0.05, 0) is 47.9 Å². The lowest BCUT2D eigenvalue weighted by atomic mass is 9.93. The molecule has 1 aliphatic carbocycles. The summed E-state index contributed by atoms with van der Waals surface area (Å²) < 4.78 is 14.0. The molecule has 4 unspecified atom stereocenters. The molecule has 1 aliphatic rings. The van der Waals surface area contributed by atoms with Crippen molar-refractivity contribution in [2.75, 3.05) is 5.75 Å². The van der Waals surface area contributed by atoms with Gasteiger partial charge in [-0.15, -0.1) is 5.10 Å². The van der Waals surface area contributed by atoms with E-state index in [0.717, 1.165) is 24.3 Å². The van der Waals surface area contributed by atoms with Crippen molar-refractivity contribution in [2.45, 2.75) is 56.9 Å². The van der Waals surface area contributed by atoms with E-state index in [4.69, 9.17) is 0 Å². The van der Waals surface area contributed by atoms with Gasteiger partial charge < -0.3 is 5.32 Å². The molecule has 1 N–H and O–H groups in total. The standard InChI is InChI=1S/C17H25N5OS/c1-3-24(23)17-7-5-4-6-16(17)19-13(2)14-8-10-15(11-9-14)22-12-18-20-21-22/h8-13,16-17,19H,3-7H2,1-2H3. The van der Waals surface area contributed by atoms with Crippen LogP contribution in [-0.2, 0) is 10.8 Å². The molecule has 6 nitrogen and oxygen atoms in total. The van der Waals surface area contributed by atoms with Crippen LogP contribution in [0.5, 0.6) is 0 Å². The Labute approximate surface area is 145 Å². The van der Waals surface area contributed by atoms with E-state index in [1.54, 1.807) is 11.0 Å². The number of nitrogens with one attached hydrogen (secondary N) is 1. The summed E-state index contributed by atoms with van der Waals surface area (Å²) in [6.45, 7) is 4.19. The van der Waals surface area contributed by atoms with Gasteiger partial charge in [0, 0.05) is 28.6 Å². The zero-order valence-electron chi connectivity index (χ0n) is 14.3. The molecule has 1 aromatic heterocycles. The Kier molecular flexibility index (Phi) is 5.73. The lowest BCUT2D eigenvalue weighted by molar-refractivity contribution is 0.352. The summed E-state index contributed by atoms with van der Waals surface area (Å²) in [7, 11) is -0.728. The normalized spacial score (nSPS) is 23.8. The fourth-order valence-electron chi connectivity index (χ4n) is 3.43. The molecule has 1 saturated carbocycles. The Morgan fingerprint density at radius 3 is 2.71 bits per heavy atom. The van der Waals surface area contributed by atoms with Gasteiger partial charge in [0.05, 0.1) is 10.9 Å². The maximum Gasteiger partial charge on any atom is 0.143 e. The first-order valence-corrected chi connectivity index (χ1v) is 10.0. The predicted molar refractivity (Wildman–Crippen MR) is 95.4 cm³/mol. The first kappa shape index (κ1) is 17.2. The third kappa shape index (κ3) is 3.89. The summed E-state index contributed by atoms with van der Waals surface area (Å²) in [5.74, 6) is 0.748. The van der Waals surface area contributed by atoms with E-state index >= 15 is 0 Å². The zero-order chi connectivity index (χ0) is 16.9. The van der Waals surface area contributed by atoms with Crippen molar-refractivity contribution >= 4 is 10.8 Å². The van der Waals surface area contributed by atoms with E-state index in [9.17, 15) is 4.21 Å². The largest absolute Gasteiger partial charge is 0.306 e. The van der Waals surface area contributed by atoms with Gasteiger partial charge in [0.2, 0.25) is 0 Å². The predicted octanol–water partition coefficient (Wildman–Crippen LogP) is 2.39. The molecule has 1 aromatic carbocycles. The van der Waals surface area contributed by atoms with Crippen LogP contribution in [0.15, 0.2) is 30.6 Å². The Bertz CT molecular complexity index is 658. The van der Waals surface area contributed by atoms with Gasteiger partial charge in [-0.25, -0.2) is 4.68 Å². The van der Waals surface area contributed by atoms with E-state index in [1.165, 1.54) is 18.4 Å². The summed E-state index contributed by atoms with van der Waals surface area (Å²) in [6.07, 6.45) is 6.19. The van der Waals surface area contributed by atoms with Gasteiger partial charge in [-0.1, -0.05) is 31.9 Å². The van der Waals surface area contributed by atoms with Crippen LogP contribution < -0.4 is 5.32 Å². The monoisotopic (exact) mass is 347 g/mol. The SMILES string of the molecule is CCS(=O)C1CCCCC1NC(C)c1ccc(-n2cnnn2)cc1. The van der Waals surface area contributed by atoms with Crippen LogP contribution in [0.1, 0.15) is 51.1 Å². The van der Waals surface area contributed by atoms with Crippen molar-refractivity contribution in [1.82, 2.24) is 25.5 Å². The van der Waals surface area contributed by atoms with Crippen LogP contribution in [-0.4, -0.2) is 41.5 Å². The van der Waals surface area contributed by atoms with Gasteiger partial charge in [-0.2, -0.15) is 0 Å². The molecule has 130 valence electrons. The van der Waals surface area contributed by atoms with E-state index in [0.29, 0.717) is 6.04 Å². The van der Waals surface area contributed by atoms with Crippen molar-refractivity contribution in [3.63, 3.8) is 0 Å². The summed E-state index contributed by atoms with van der Waals surface area (Å²) in [6, 6.07) is 8.81. The first-order valence-electron chi connectivity index (χ1n) is 8.65.